The molecule has 0 radical (unpaired) electrons. The first kappa shape index (κ1) is 34.3. The third-order valence-electron chi connectivity index (χ3n) is 15.5. The van der Waals surface area contributed by atoms with Gasteiger partial charge in [0, 0.05) is 47.7 Å². The molecule has 15 rings (SSSR count). The van der Waals surface area contributed by atoms with Crippen molar-refractivity contribution in [2.45, 2.75) is 37.5 Å². The summed E-state index contributed by atoms with van der Waals surface area (Å²) in [6.45, 7) is 0. The largest absolute Gasteiger partial charge is 0.309 e. The minimum atomic E-state index is 0.136. The molecule has 0 unspecified atom stereocenters. The maximum atomic E-state index is 2.57. The second kappa shape index (κ2) is 12.8. The Morgan fingerprint density at radius 3 is 1.95 bits per heavy atom. The summed E-state index contributed by atoms with van der Waals surface area (Å²) in [5.74, 6) is 3.32. The van der Waals surface area contributed by atoms with Gasteiger partial charge in [0.1, 0.15) is 0 Å². The topological polar surface area (TPSA) is 8.17 Å². The van der Waals surface area contributed by atoms with Crippen LogP contribution in [0, 0.1) is 23.7 Å². The molecule has 5 aliphatic rings. The summed E-state index contributed by atoms with van der Waals surface area (Å²) in [7, 11) is 0. The third kappa shape index (κ3) is 4.68. The Hall–Kier alpha value is -6.42. The molecule has 10 aromatic rings. The Morgan fingerprint density at radius 1 is 0.475 bits per heavy atom. The van der Waals surface area contributed by atoms with Crippen molar-refractivity contribution in [1.82, 2.24) is 4.57 Å². The van der Waals surface area contributed by atoms with Gasteiger partial charge in [-0.05, 0) is 150 Å². The quantitative estimate of drug-likeness (QED) is 0.168. The number of rotatable bonds is 5. The summed E-state index contributed by atoms with van der Waals surface area (Å²) in [6.07, 6.45) is 7.04. The zero-order valence-electron chi connectivity index (χ0n) is 34.0. The molecule has 8 aromatic carbocycles. The Bertz CT molecular complexity index is 3380. The van der Waals surface area contributed by atoms with Crippen molar-refractivity contribution >= 4 is 70.4 Å². The second-order valence-corrected chi connectivity index (χ2v) is 19.5. The van der Waals surface area contributed by atoms with E-state index in [9.17, 15) is 0 Å². The van der Waals surface area contributed by atoms with Gasteiger partial charge in [-0.3, -0.25) is 0 Å². The molecule has 0 atom stereocenters. The SMILES string of the molecule is c1ccc(-n2c3ccccc3c3c(N(c4cccc(-c5cccc6c5-c5ccccc5C65C6CC7CC(C6)CC5C7)c4)c4cccc5sc6ccccc6c45)cccc32)cc1. The van der Waals surface area contributed by atoms with Crippen LogP contribution in [0.25, 0.3) is 69.9 Å². The summed E-state index contributed by atoms with van der Waals surface area (Å²) >= 11 is 1.89. The summed E-state index contributed by atoms with van der Waals surface area (Å²) in [6, 6.07) is 68.9. The minimum Gasteiger partial charge on any atom is -0.309 e. The molecule has 0 aliphatic heterocycles. The highest BCUT2D eigenvalue weighted by molar-refractivity contribution is 7.26. The molecular weight excluding hydrogens is 757 g/mol. The summed E-state index contributed by atoms with van der Waals surface area (Å²) in [5.41, 5.74) is 16.1. The normalized spacial score (nSPS) is 22.2. The van der Waals surface area contributed by atoms with Crippen molar-refractivity contribution in [2.75, 3.05) is 4.90 Å². The molecule has 4 bridgehead atoms. The number of benzene rings is 8. The molecule has 0 saturated heterocycles. The molecule has 1 spiro atoms. The van der Waals surface area contributed by atoms with Gasteiger partial charge in [-0.15, -0.1) is 11.3 Å². The number of hydrogen-bond acceptors (Lipinski definition) is 2. The predicted molar refractivity (Wildman–Crippen MR) is 257 cm³/mol. The zero-order valence-corrected chi connectivity index (χ0v) is 34.8. The average molecular weight is 801 g/mol. The number of anilines is 3. The number of hydrogen-bond donors (Lipinski definition) is 0. The Balaban J connectivity index is 1.03. The lowest BCUT2D eigenvalue weighted by atomic mass is 9.43. The fourth-order valence-corrected chi connectivity index (χ4v) is 14.8. The maximum Gasteiger partial charge on any atom is 0.0562 e. The van der Waals surface area contributed by atoms with Crippen LogP contribution in [0.4, 0.5) is 17.1 Å². The number of thiophene rings is 1. The van der Waals surface area contributed by atoms with E-state index in [0.29, 0.717) is 0 Å². The van der Waals surface area contributed by atoms with Gasteiger partial charge in [0.2, 0.25) is 0 Å². The van der Waals surface area contributed by atoms with Gasteiger partial charge < -0.3 is 9.47 Å². The van der Waals surface area contributed by atoms with Crippen LogP contribution in [0.5, 0.6) is 0 Å². The van der Waals surface area contributed by atoms with Crippen LogP contribution in [0.2, 0.25) is 0 Å². The summed E-state index contributed by atoms with van der Waals surface area (Å²) in [5, 5.41) is 5.11. The van der Waals surface area contributed by atoms with Crippen LogP contribution >= 0.6 is 11.3 Å². The first-order valence-electron chi connectivity index (χ1n) is 22.4. The highest BCUT2D eigenvalue weighted by atomic mass is 32.1. The fraction of sp³-hybridized carbons (Fsp3) is 0.172. The van der Waals surface area contributed by atoms with Gasteiger partial charge >= 0.3 is 0 Å². The van der Waals surface area contributed by atoms with Gasteiger partial charge in [0.05, 0.1) is 22.4 Å². The Labute approximate surface area is 360 Å². The van der Waals surface area contributed by atoms with E-state index in [-0.39, 0.29) is 5.41 Å². The molecule has 0 N–H and O–H groups in total. The highest BCUT2D eigenvalue weighted by Crippen LogP contribution is 2.70. The molecule has 2 nitrogen and oxygen atoms in total. The zero-order chi connectivity index (χ0) is 39.8. The fourth-order valence-electron chi connectivity index (χ4n) is 13.6. The van der Waals surface area contributed by atoms with Crippen LogP contribution < -0.4 is 4.90 Å². The highest BCUT2D eigenvalue weighted by Gasteiger charge is 2.61. The van der Waals surface area contributed by atoms with E-state index in [1.54, 1.807) is 11.1 Å². The standard InChI is InChI=1S/C58H44N2S/c1-2-15-41(16-3-1)59-49-24-8-5-19-45(49)56-50(59)25-12-26-51(56)60(52-27-13-29-54-57(52)46-20-6-9-28-53(46)61-54)42-17-10-14-38(35-42)43-21-11-23-48-55(43)44-18-4-7-22-47(44)58(48)39-31-36-30-37(33-39)34-40(58)32-36/h1-29,35-37,39-40H,30-34H2. The van der Waals surface area contributed by atoms with Crippen LogP contribution in [-0.2, 0) is 5.41 Å². The van der Waals surface area contributed by atoms with Crippen LogP contribution in [0.1, 0.15) is 43.2 Å². The van der Waals surface area contributed by atoms with E-state index in [4.69, 9.17) is 0 Å². The van der Waals surface area contributed by atoms with E-state index < -0.39 is 0 Å². The lowest BCUT2D eigenvalue weighted by molar-refractivity contribution is -0.0399. The molecule has 2 aromatic heterocycles. The molecule has 0 amide bonds. The molecule has 3 heteroatoms. The molecule has 5 aliphatic carbocycles. The number of nitrogens with zero attached hydrogens (tertiary/aromatic N) is 2. The lowest BCUT2D eigenvalue weighted by Crippen LogP contribution is -2.55. The number of para-hydroxylation sites is 2. The predicted octanol–water partition coefficient (Wildman–Crippen LogP) is 16.0. The van der Waals surface area contributed by atoms with Gasteiger partial charge in [0.15, 0.2) is 0 Å². The molecule has 61 heavy (non-hydrogen) atoms. The van der Waals surface area contributed by atoms with Gasteiger partial charge in [-0.25, -0.2) is 0 Å². The number of aromatic nitrogens is 1. The van der Waals surface area contributed by atoms with Crippen LogP contribution in [-0.4, -0.2) is 4.57 Å². The van der Waals surface area contributed by atoms with Gasteiger partial charge in [-0.1, -0.05) is 121 Å². The van der Waals surface area contributed by atoms with E-state index in [1.807, 2.05) is 11.3 Å². The first-order chi connectivity index (χ1) is 30.2. The van der Waals surface area contributed by atoms with Crippen molar-refractivity contribution in [3.63, 3.8) is 0 Å². The van der Waals surface area contributed by atoms with E-state index in [2.05, 4.69) is 191 Å². The third-order valence-corrected chi connectivity index (χ3v) is 16.7. The Kier molecular flexibility index (Phi) is 7.20. The van der Waals surface area contributed by atoms with E-state index >= 15 is 0 Å². The van der Waals surface area contributed by atoms with Crippen molar-refractivity contribution < 1.29 is 0 Å². The molecule has 4 fully saturated rings. The van der Waals surface area contributed by atoms with Crippen molar-refractivity contribution in [3.05, 3.63) is 193 Å². The molecule has 2 heterocycles. The smallest absolute Gasteiger partial charge is 0.0562 e. The summed E-state index contributed by atoms with van der Waals surface area (Å²) < 4.78 is 5.06. The number of fused-ring (bicyclic) bond motifs is 9. The van der Waals surface area contributed by atoms with Crippen molar-refractivity contribution in [3.8, 4) is 27.9 Å². The molecular formula is C58H44N2S. The van der Waals surface area contributed by atoms with E-state index in [0.717, 1.165) is 29.4 Å². The van der Waals surface area contributed by atoms with Crippen LogP contribution in [0.3, 0.4) is 0 Å². The maximum absolute atomic E-state index is 2.57. The lowest BCUT2D eigenvalue weighted by Gasteiger charge is -2.61. The van der Waals surface area contributed by atoms with Crippen molar-refractivity contribution in [2.24, 2.45) is 23.7 Å². The Morgan fingerprint density at radius 2 is 1.10 bits per heavy atom. The monoisotopic (exact) mass is 800 g/mol. The van der Waals surface area contributed by atoms with Gasteiger partial charge in [-0.2, -0.15) is 0 Å². The molecule has 292 valence electrons. The summed E-state index contributed by atoms with van der Waals surface area (Å²) in [4.78, 5) is 2.57. The van der Waals surface area contributed by atoms with Gasteiger partial charge in [0.25, 0.3) is 0 Å². The van der Waals surface area contributed by atoms with E-state index in [1.165, 1.54) is 113 Å². The van der Waals surface area contributed by atoms with Crippen LogP contribution in [0.15, 0.2) is 182 Å². The first-order valence-corrected chi connectivity index (χ1v) is 23.2. The second-order valence-electron chi connectivity index (χ2n) is 18.4. The minimum absolute atomic E-state index is 0.136. The van der Waals surface area contributed by atoms with Crippen molar-refractivity contribution in [1.29, 1.82) is 0 Å². The average Bonchev–Trinajstić information content (AvgIpc) is 3.96. The molecule has 4 saturated carbocycles.